The van der Waals surface area contributed by atoms with E-state index in [-0.39, 0.29) is 17.2 Å². The van der Waals surface area contributed by atoms with Crippen molar-refractivity contribution in [3.05, 3.63) is 28.8 Å². The summed E-state index contributed by atoms with van der Waals surface area (Å²) >= 11 is 5.80. The number of rotatable bonds is 6. The Morgan fingerprint density at radius 2 is 2.05 bits per heavy atom. The zero-order chi connectivity index (χ0) is 15.3. The maximum absolute atomic E-state index is 13.4. The topological polar surface area (TPSA) is 69.4 Å². The van der Waals surface area contributed by atoms with Crippen LogP contribution in [-0.4, -0.2) is 24.3 Å². The number of halogens is 3. The van der Waals surface area contributed by atoms with Gasteiger partial charge in [-0.1, -0.05) is 11.6 Å². The molecule has 20 heavy (non-hydrogen) atoms. The molecule has 7 heteroatoms. The molecule has 0 aliphatic heterocycles. The van der Waals surface area contributed by atoms with Crippen molar-refractivity contribution >= 4 is 29.0 Å². The second kappa shape index (κ2) is 6.65. The summed E-state index contributed by atoms with van der Waals surface area (Å²) in [4.78, 5) is 22.8. The third kappa shape index (κ3) is 4.16. The van der Waals surface area contributed by atoms with Gasteiger partial charge in [-0.15, -0.1) is 0 Å². The molecule has 0 fully saturated rings. The number of hydrogen-bond donors (Lipinski definition) is 1. The van der Waals surface area contributed by atoms with E-state index in [0.29, 0.717) is 5.69 Å². The lowest BCUT2D eigenvalue weighted by molar-refractivity contribution is -0.172. The van der Waals surface area contributed by atoms with Crippen LogP contribution in [-0.2, 0) is 9.53 Å². The third-order valence-corrected chi connectivity index (χ3v) is 2.86. The molecule has 0 bridgehead atoms. The SMILES string of the molecule is CCOC(=O)C(F)(F)CCC(=O)c1cc(N)ccc1Cl. The molecule has 0 aliphatic carbocycles. The molecular formula is C13H14ClF2NO3. The number of Topliss-reactive ketones (excluding diaryl/α,β-unsaturated/α-hetero) is 1. The van der Waals surface area contributed by atoms with Crippen LogP contribution in [0.5, 0.6) is 0 Å². The number of benzene rings is 1. The monoisotopic (exact) mass is 305 g/mol. The lowest BCUT2D eigenvalue weighted by Crippen LogP contribution is -2.31. The summed E-state index contributed by atoms with van der Waals surface area (Å²) in [5.41, 5.74) is 5.86. The predicted molar refractivity (Wildman–Crippen MR) is 71.0 cm³/mol. The maximum Gasteiger partial charge on any atom is 0.376 e. The van der Waals surface area contributed by atoms with Gasteiger partial charge in [0, 0.05) is 24.1 Å². The molecule has 1 rings (SSSR count). The van der Waals surface area contributed by atoms with Gasteiger partial charge in [-0.3, -0.25) is 4.79 Å². The van der Waals surface area contributed by atoms with Crippen LogP contribution in [0.3, 0.4) is 0 Å². The Bertz CT molecular complexity index is 520. The molecule has 110 valence electrons. The molecule has 0 heterocycles. The van der Waals surface area contributed by atoms with E-state index in [0.717, 1.165) is 0 Å². The van der Waals surface area contributed by atoms with Crippen molar-refractivity contribution in [1.82, 2.24) is 0 Å². The van der Waals surface area contributed by atoms with Gasteiger partial charge in [-0.05, 0) is 25.1 Å². The average molecular weight is 306 g/mol. The standard InChI is InChI=1S/C13H14ClF2NO3/c1-2-20-12(19)13(15,16)6-5-11(18)9-7-8(17)3-4-10(9)14/h3-4,7H,2,5-6,17H2,1H3. The number of nitrogens with two attached hydrogens (primary N) is 1. The van der Waals surface area contributed by atoms with Crippen LogP contribution in [0.4, 0.5) is 14.5 Å². The molecule has 0 radical (unpaired) electrons. The van der Waals surface area contributed by atoms with E-state index in [2.05, 4.69) is 4.74 Å². The quantitative estimate of drug-likeness (QED) is 0.498. The summed E-state index contributed by atoms with van der Waals surface area (Å²) < 4.78 is 31.0. The van der Waals surface area contributed by atoms with Gasteiger partial charge < -0.3 is 10.5 Å². The number of ether oxygens (including phenoxy) is 1. The fourth-order valence-electron chi connectivity index (χ4n) is 1.50. The van der Waals surface area contributed by atoms with Crippen molar-refractivity contribution in [2.75, 3.05) is 12.3 Å². The Labute approximate surface area is 119 Å². The molecule has 0 spiro atoms. The van der Waals surface area contributed by atoms with Gasteiger partial charge in [-0.25, -0.2) is 4.79 Å². The van der Waals surface area contributed by atoms with E-state index in [9.17, 15) is 18.4 Å². The summed E-state index contributed by atoms with van der Waals surface area (Å²) in [6, 6.07) is 4.22. The summed E-state index contributed by atoms with van der Waals surface area (Å²) in [6.45, 7) is 1.27. The van der Waals surface area contributed by atoms with Gasteiger partial charge in [0.15, 0.2) is 5.78 Å². The van der Waals surface area contributed by atoms with Gasteiger partial charge in [0.2, 0.25) is 0 Å². The Morgan fingerprint density at radius 3 is 2.65 bits per heavy atom. The number of carbonyl (C=O) groups excluding carboxylic acids is 2. The first-order chi connectivity index (χ1) is 9.27. The lowest BCUT2D eigenvalue weighted by Gasteiger charge is -2.14. The molecule has 0 amide bonds. The number of hydrogen-bond acceptors (Lipinski definition) is 4. The highest BCUT2D eigenvalue weighted by molar-refractivity contribution is 6.34. The second-order valence-corrected chi connectivity index (χ2v) is 4.49. The molecule has 4 nitrogen and oxygen atoms in total. The normalized spacial score (nSPS) is 11.2. The van der Waals surface area contributed by atoms with Crippen LogP contribution >= 0.6 is 11.6 Å². The smallest absolute Gasteiger partial charge is 0.376 e. The van der Waals surface area contributed by atoms with E-state index in [4.69, 9.17) is 17.3 Å². The summed E-state index contributed by atoms with van der Waals surface area (Å²) in [6.07, 6.45) is -1.47. The largest absolute Gasteiger partial charge is 0.462 e. The van der Waals surface area contributed by atoms with Gasteiger partial charge in [0.1, 0.15) is 0 Å². The minimum absolute atomic E-state index is 0.0614. The molecule has 0 aromatic heterocycles. The highest BCUT2D eigenvalue weighted by Gasteiger charge is 2.40. The fraction of sp³-hybridized carbons (Fsp3) is 0.385. The van der Waals surface area contributed by atoms with Crippen molar-refractivity contribution in [3.8, 4) is 0 Å². The van der Waals surface area contributed by atoms with E-state index >= 15 is 0 Å². The molecule has 0 atom stereocenters. The van der Waals surface area contributed by atoms with Crippen LogP contribution in [0.2, 0.25) is 5.02 Å². The molecule has 0 unspecified atom stereocenters. The zero-order valence-corrected chi connectivity index (χ0v) is 11.5. The molecule has 0 saturated heterocycles. The molecule has 1 aromatic carbocycles. The third-order valence-electron chi connectivity index (χ3n) is 2.53. The highest BCUT2D eigenvalue weighted by atomic mass is 35.5. The predicted octanol–water partition coefficient (Wildman–Crippen LogP) is 3.08. The number of carbonyl (C=O) groups is 2. The molecule has 2 N–H and O–H groups in total. The van der Waals surface area contributed by atoms with Gasteiger partial charge in [0.25, 0.3) is 0 Å². The second-order valence-electron chi connectivity index (χ2n) is 4.09. The van der Waals surface area contributed by atoms with Crippen LogP contribution < -0.4 is 5.73 Å². The molecule has 1 aromatic rings. The fourth-order valence-corrected chi connectivity index (χ4v) is 1.72. The first-order valence-electron chi connectivity index (χ1n) is 5.91. The van der Waals surface area contributed by atoms with Crippen molar-refractivity contribution in [2.45, 2.75) is 25.7 Å². The van der Waals surface area contributed by atoms with E-state index in [1.807, 2.05) is 0 Å². The van der Waals surface area contributed by atoms with Crippen molar-refractivity contribution < 1.29 is 23.1 Å². The number of alkyl halides is 2. The van der Waals surface area contributed by atoms with Gasteiger partial charge >= 0.3 is 11.9 Å². The van der Waals surface area contributed by atoms with Crippen LogP contribution in [0.25, 0.3) is 0 Å². The first kappa shape index (κ1) is 16.4. The average Bonchev–Trinajstić information content (AvgIpc) is 2.39. The number of nitrogen functional groups attached to an aromatic ring is 1. The van der Waals surface area contributed by atoms with Gasteiger partial charge in [0.05, 0.1) is 11.6 Å². The van der Waals surface area contributed by atoms with E-state index < -0.39 is 30.5 Å². The molecule has 0 saturated carbocycles. The lowest BCUT2D eigenvalue weighted by atomic mass is 10.0. The Kier molecular flexibility index (Phi) is 5.44. The van der Waals surface area contributed by atoms with Crippen LogP contribution in [0.1, 0.15) is 30.1 Å². The summed E-state index contributed by atoms with van der Waals surface area (Å²) in [5, 5.41) is 0.128. The number of anilines is 1. The van der Waals surface area contributed by atoms with E-state index in [1.54, 1.807) is 0 Å². The first-order valence-corrected chi connectivity index (χ1v) is 6.29. The van der Waals surface area contributed by atoms with Crippen LogP contribution in [0, 0.1) is 0 Å². The minimum Gasteiger partial charge on any atom is -0.462 e. The van der Waals surface area contributed by atoms with E-state index in [1.165, 1.54) is 25.1 Å². The molecular weight excluding hydrogens is 292 g/mol. The van der Waals surface area contributed by atoms with Crippen molar-refractivity contribution in [2.24, 2.45) is 0 Å². The Hall–Kier alpha value is -1.69. The highest BCUT2D eigenvalue weighted by Crippen LogP contribution is 2.26. The summed E-state index contributed by atoms with van der Waals surface area (Å²) in [5.74, 6) is -5.93. The molecule has 0 aliphatic rings. The summed E-state index contributed by atoms with van der Waals surface area (Å²) in [7, 11) is 0. The van der Waals surface area contributed by atoms with Gasteiger partial charge in [-0.2, -0.15) is 8.78 Å². The number of esters is 1. The van der Waals surface area contributed by atoms with Crippen LogP contribution in [0.15, 0.2) is 18.2 Å². The van der Waals surface area contributed by atoms with Crippen molar-refractivity contribution in [1.29, 1.82) is 0 Å². The zero-order valence-electron chi connectivity index (χ0n) is 10.8. The Balaban J connectivity index is 2.72. The van der Waals surface area contributed by atoms with Crippen molar-refractivity contribution in [3.63, 3.8) is 0 Å². The Morgan fingerprint density at radius 1 is 1.40 bits per heavy atom. The maximum atomic E-state index is 13.4. The minimum atomic E-state index is -3.70. The number of ketones is 1.